The van der Waals surface area contributed by atoms with Crippen molar-refractivity contribution in [2.75, 3.05) is 45.2 Å². The number of nitro benzene ring substituents is 1. The van der Waals surface area contributed by atoms with Crippen molar-refractivity contribution < 1.29 is 24.3 Å². The summed E-state index contributed by atoms with van der Waals surface area (Å²) in [6, 6.07) is 13.4. The van der Waals surface area contributed by atoms with Crippen LogP contribution in [0.25, 0.3) is 0 Å². The normalized spacial score (nSPS) is 18.8. The molecule has 0 unspecified atom stereocenters. The Kier molecular flexibility index (Phi) is 6.79. The first-order valence-electron chi connectivity index (χ1n) is 9.80. The molecule has 0 spiro atoms. The number of rotatable bonds is 7. The largest absolute Gasteiger partial charge is 0.490 e. The molecule has 0 bridgehead atoms. The molecule has 8 heteroatoms. The molecule has 0 aliphatic carbocycles. The molecule has 0 saturated carbocycles. The molecule has 0 atom stereocenters. The van der Waals surface area contributed by atoms with E-state index in [1.54, 1.807) is 6.92 Å². The fraction of sp³-hybridized carbons (Fsp3) is 0.381. The van der Waals surface area contributed by atoms with Gasteiger partial charge in [-0.15, -0.1) is 0 Å². The average Bonchev–Trinajstić information content (AvgIpc) is 2.71. The number of hydrogen-bond acceptors (Lipinski definition) is 4. The summed E-state index contributed by atoms with van der Waals surface area (Å²) >= 11 is 0. The third-order valence-corrected chi connectivity index (χ3v) is 5.37. The first-order chi connectivity index (χ1) is 14.0. The highest BCUT2D eigenvalue weighted by molar-refractivity contribution is 5.92. The van der Waals surface area contributed by atoms with Gasteiger partial charge in [-0.1, -0.05) is 30.3 Å². The van der Waals surface area contributed by atoms with Gasteiger partial charge in [0.25, 0.3) is 5.91 Å². The second-order valence-corrected chi connectivity index (χ2v) is 7.48. The van der Waals surface area contributed by atoms with Gasteiger partial charge in [-0.3, -0.25) is 14.9 Å². The van der Waals surface area contributed by atoms with E-state index < -0.39 is 4.92 Å². The summed E-state index contributed by atoms with van der Waals surface area (Å²) in [7, 11) is 1.38. The van der Waals surface area contributed by atoms with Gasteiger partial charge < -0.3 is 19.9 Å². The minimum Gasteiger partial charge on any atom is -0.490 e. The van der Waals surface area contributed by atoms with Crippen molar-refractivity contribution in [1.29, 1.82) is 0 Å². The van der Waals surface area contributed by atoms with E-state index in [-0.39, 0.29) is 17.3 Å². The summed E-state index contributed by atoms with van der Waals surface area (Å²) in [5.74, 6) is 0.0480. The Balaban J connectivity index is 1.52. The number of hydrogen-bond donors (Lipinski definition) is 3. The SMILES string of the molecule is COc1cc(NC(=O)C[NH+]2CC[NH+](Cc3ccccc3)CC2)c(C)cc1[N+](=O)[O-]. The number of ether oxygens (including phenoxy) is 1. The second-order valence-electron chi connectivity index (χ2n) is 7.48. The summed E-state index contributed by atoms with van der Waals surface area (Å²) in [5, 5.41) is 14.0. The number of carbonyl (C=O) groups excluding carboxylic acids is 1. The number of nitrogens with one attached hydrogen (secondary N) is 3. The van der Waals surface area contributed by atoms with Gasteiger partial charge in [-0.05, 0) is 12.5 Å². The van der Waals surface area contributed by atoms with E-state index in [4.69, 9.17) is 4.74 Å². The fourth-order valence-electron chi connectivity index (χ4n) is 3.73. The number of piperazine rings is 1. The van der Waals surface area contributed by atoms with Crippen molar-refractivity contribution in [2.45, 2.75) is 13.5 Å². The zero-order valence-electron chi connectivity index (χ0n) is 16.9. The van der Waals surface area contributed by atoms with Crippen molar-refractivity contribution in [3.05, 3.63) is 63.7 Å². The molecule has 3 N–H and O–H groups in total. The van der Waals surface area contributed by atoms with Crippen molar-refractivity contribution in [3.63, 3.8) is 0 Å². The molecule has 1 aliphatic heterocycles. The van der Waals surface area contributed by atoms with Crippen LogP contribution in [0, 0.1) is 17.0 Å². The predicted molar refractivity (Wildman–Crippen MR) is 109 cm³/mol. The van der Waals surface area contributed by atoms with Crippen molar-refractivity contribution in [1.82, 2.24) is 0 Å². The second kappa shape index (κ2) is 9.49. The van der Waals surface area contributed by atoms with E-state index in [9.17, 15) is 14.9 Å². The highest BCUT2D eigenvalue weighted by Crippen LogP contribution is 2.32. The van der Waals surface area contributed by atoms with Crippen LogP contribution >= 0.6 is 0 Å². The van der Waals surface area contributed by atoms with Crippen LogP contribution in [0.4, 0.5) is 11.4 Å². The molecule has 3 rings (SSSR count). The number of nitrogens with zero attached hydrogens (tertiary/aromatic N) is 1. The number of methoxy groups -OCH3 is 1. The van der Waals surface area contributed by atoms with Crippen LogP contribution in [0.15, 0.2) is 42.5 Å². The van der Waals surface area contributed by atoms with Crippen LogP contribution in [0.3, 0.4) is 0 Å². The lowest BCUT2D eigenvalue weighted by Crippen LogP contribution is -3.28. The molecule has 1 aliphatic rings. The van der Waals surface area contributed by atoms with E-state index in [1.807, 2.05) is 6.07 Å². The molecule has 1 amide bonds. The van der Waals surface area contributed by atoms with Crippen molar-refractivity contribution in [3.8, 4) is 5.75 Å². The number of aryl methyl sites for hydroxylation is 1. The molecule has 1 saturated heterocycles. The Bertz CT molecular complexity index is 864. The van der Waals surface area contributed by atoms with Gasteiger partial charge in [0.15, 0.2) is 12.3 Å². The molecule has 1 heterocycles. The highest BCUT2D eigenvalue weighted by atomic mass is 16.6. The summed E-state index contributed by atoms with van der Waals surface area (Å²) in [6.07, 6.45) is 0. The quantitative estimate of drug-likeness (QED) is 0.445. The molecule has 154 valence electrons. The maximum absolute atomic E-state index is 12.5. The lowest BCUT2D eigenvalue weighted by atomic mass is 10.1. The Morgan fingerprint density at radius 1 is 1.14 bits per heavy atom. The molecular formula is C21H28N4O4+2. The number of nitro groups is 1. The topological polar surface area (TPSA) is 90.3 Å². The minimum atomic E-state index is -0.487. The molecule has 8 nitrogen and oxygen atoms in total. The van der Waals surface area contributed by atoms with E-state index >= 15 is 0 Å². The fourth-order valence-corrected chi connectivity index (χ4v) is 3.73. The summed E-state index contributed by atoms with van der Waals surface area (Å²) < 4.78 is 5.09. The van der Waals surface area contributed by atoms with Crippen LogP contribution in [0.2, 0.25) is 0 Å². The number of anilines is 1. The number of benzene rings is 2. The van der Waals surface area contributed by atoms with Crippen molar-refractivity contribution >= 4 is 17.3 Å². The van der Waals surface area contributed by atoms with Crippen molar-refractivity contribution in [2.24, 2.45) is 0 Å². The van der Waals surface area contributed by atoms with E-state index in [0.717, 1.165) is 32.7 Å². The lowest BCUT2D eigenvalue weighted by Gasteiger charge is -2.29. The molecule has 0 radical (unpaired) electrons. The highest BCUT2D eigenvalue weighted by Gasteiger charge is 2.25. The Hall–Kier alpha value is -2.97. The first-order valence-corrected chi connectivity index (χ1v) is 9.80. The molecule has 2 aromatic carbocycles. The predicted octanol–water partition coefficient (Wildman–Crippen LogP) is -0.166. The first kappa shape index (κ1) is 20.8. The van der Waals surface area contributed by atoms with E-state index in [2.05, 4.69) is 29.6 Å². The molecule has 1 fully saturated rings. The lowest BCUT2D eigenvalue weighted by molar-refractivity contribution is -1.02. The standard InChI is InChI=1S/C21H26N4O4/c1-16-12-19(25(27)28)20(29-2)13-18(16)22-21(26)15-24-10-8-23(9-11-24)14-17-6-4-3-5-7-17/h3-7,12-13H,8-11,14-15H2,1-2H3,(H,22,26)/p+2. The van der Waals surface area contributed by atoms with Crippen LogP contribution in [0.5, 0.6) is 5.75 Å². The minimum absolute atomic E-state index is 0.0921. The van der Waals surface area contributed by atoms with Crippen LogP contribution in [-0.2, 0) is 11.3 Å². The van der Waals surface area contributed by atoms with Gasteiger partial charge in [0.1, 0.15) is 32.7 Å². The Labute approximate surface area is 170 Å². The van der Waals surface area contributed by atoms with Gasteiger partial charge >= 0.3 is 5.69 Å². The van der Waals surface area contributed by atoms with Gasteiger partial charge in [0.2, 0.25) is 0 Å². The maximum atomic E-state index is 12.5. The average molecular weight is 400 g/mol. The number of amides is 1. The third kappa shape index (κ3) is 5.52. The third-order valence-electron chi connectivity index (χ3n) is 5.37. The zero-order chi connectivity index (χ0) is 20.8. The van der Waals surface area contributed by atoms with Gasteiger partial charge in [0.05, 0.1) is 12.0 Å². The monoisotopic (exact) mass is 400 g/mol. The van der Waals surface area contributed by atoms with Gasteiger partial charge in [-0.2, -0.15) is 0 Å². The summed E-state index contributed by atoms with van der Waals surface area (Å²) in [4.78, 5) is 25.9. The smallest absolute Gasteiger partial charge is 0.311 e. The van der Waals surface area contributed by atoms with Crippen LogP contribution in [-0.4, -0.2) is 50.7 Å². The number of quaternary nitrogens is 2. The maximum Gasteiger partial charge on any atom is 0.311 e. The summed E-state index contributed by atoms with van der Waals surface area (Å²) in [5.41, 5.74) is 2.42. The molecule has 29 heavy (non-hydrogen) atoms. The molecule has 0 aromatic heterocycles. The van der Waals surface area contributed by atoms with Gasteiger partial charge in [0, 0.05) is 23.4 Å². The molecule has 2 aromatic rings. The molecular weight excluding hydrogens is 372 g/mol. The zero-order valence-corrected chi connectivity index (χ0v) is 16.9. The number of carbonyl (C=O) groups is 1. The summed E-state index contributed by atoms with van der Waals surface area (Å²) in [6.45, 7) is 7.08. The van der Waals surface area contributed by atoms with E-state index in [0.29, 0.717) is 17.8 Å². The Morgan fingerprint density at radius 3 is 2.41 bits per heavy atom. The van der Waals surface area contributed by atoms with Crippen LogP contribution < -0.4 is 19.9 Å². The van der Waals surface area contributed by atoms with Crippen LogP contribution in [0.1, 0.15) is 11.1 Å². The van der Waals surface area contributed by atoms with E-state index in [1.165, 1.54) is 34.6 Å². The Morgan fingerprint density at radius 2 is 1.79 bits per heavy atom. The van der Waals surface area contributed by atoms with Gasteiger partial charge in [-0.25, -0.2) is 0 Å².